The number of carbonyl (C=O) groups excluding carboxylic acids is 1. The largest absolute Gasteiger partial charge is 0.456 e. The molecular weight excluding hydrogens is 300 g/mol. The van der Waals surface area contributed by atoms with Crippen molar-refractivity contribution in [1.82, 2.24) is 9.38 Å². The van der Waals surface area contributed by atoms with E-state index in [9.17, 15) is 4.79 Å². The highest BCUT2D eigenvalue weighted by atomic mass is 35.5. The molecule has 0 saturated heterocycles. The second-order valence-corrected chi connectivity index (χ2v) is 5.62. The number of carbonyl (C=O) groups is 1. The molecule has 0 unspecified atom stereocenters. The maximum atomic E-state index is 12.3. The van der Waals surface area contributed by atoms with Crippen molar-refractivity contribution in [3.63, 3.8) is 0 Å². The van der Waals surface area contributed by atoms with Gasteiger partial charge in [-0.15, -0.1) is 0 Å². The number of aromatic nitrogens is 2. The lowest BCUT2D eigenvalue weighted by molar-refractivity contribution is 0.0463. The number of nitrogens with zero attached hydrogens (tertiary/aromatic N) is 2. The van der Waals surface area contributed by atoms with Gasteiger partial charge in [0.05, 0.1) is 5.69 Å². The summed E-state index contributed by atoms with van der Waals surface area (Å²) >= 11 is 5.94. The molecule has 22 heavy (non-hydrogen) atoms. The number of ether oxygens (including phenoxy) is 1. The average Bonchev–Trinajstić information content (AvgIpc) is 2.81. The molecule has 0 aliphatic carbocycles. The fourth-order valence-electron chi connectivity index (χ4n) is 2.29. The maximum absolute atomic E-state index is 12.3. The van der Waals surface area contributed by atoms with E-state index in [1.54, 1.807) is 29.7 Å². The topological polar surface area (TPSA) is 43.6 Å². The van der Waals surface area contributed by atoms with Crippen molar-refractivity contribution in [3.8, 4) is 0 Å². The van der Waals surface area contributed by atoms with Crippen LogP contribution in [-0.4, -0.2) is 15.4 Å². The van der Waals surface area contributed by atoms with Crippen molar-refractivity contribution in [1.29, 1.82) is 0 Å². The molecule has 0 amide bonds. The van der Waals surface area contributed by atoms with E-state index in [1.165, 1.54) is 5.56 Å². The number of imidazole rings is 1. The smallest absolute Gasteiger partial charge is 0.357 e. The van der Waals surface area contributed by atoms with Crippen LogP contribution < -0.4 is 0 Å². The van der Waals surface area contributed by atoms with E-state index >= 15 is 0 Å². The summed E-state index contributed by atoms with van der Waals surface area (Å²) in [5.74, 6) is -0.395. The molecule has 3 rings (SSSR count). The minimum atomic E-state index is -0.395. The van der Waals surface area contributed by atoms with Gasteiger partial charge < -0.3 is 4.74 Å². The Kier molecular flexibility index (Phi) is 3.86. The lowest BCUT2D eigenvalue weighted by atomic mass is 10.2. The normalized spacial score (nSPS) is 10.9. The van der Waals surface area contributed by atoms with E-state index in [4.69, 9.17) is 16.3 Å². The minimum Gasteiger partial charge on any atom is -0.456 e. The van der Waals surface area contributed by atoms with E-state index in [-0.39, 0.29) is 6.61 Å². The molecule has 2 aromatic heterocycles. The molecule has 5 heteroatoms. The minimum absolute atomic E-state index is 0.235. The number of rotatable bonds is 3. The van der Waals surface area contributed by atoms with Crippen molar-refractivity contribution in [3.05, 3.63) is 70.1 Å². The highest BCUT2D eigenvalue weighted by Crippen LogP contribution is 2.18. The van der Waals surface area contributed by atoms with Crippen LogP contribution in [0.2, 0.25) is 5.02 Å². The average molecular weight is 315 g/mol. The van der Waals surface area contributed by atoms with Gasteiger partial charge in [0.2, 0.25) is 0 Å². The molecule has 2 heterocycles. The molecule has 0 saturated carbocycles. The highest BCUT2D eigenvalue weighted by Gasteiger charge is 2.18. The lowest BCUT2D eigenvalue weighted by Crippen LogP contribution is -2.09. The summed E-state index contributed by atoms with van der Waals surface area (Å²) in [7, 11) is 0. The summed E-state index contributed by atoms with van der Waals surface area (Å²) in [6.45, 7) is 4.03. The predicted octanol–water partition coefficient (Wildman–Crippen LogP) is 3.96. The number of pyridine rings is 1. The summed E-state index contributed by atoms with van der Waals surface area (Å²) in [6.07, 6.45) is 1.72. The van der Waals surface area contributed by atoms with Crippen LogP contribution in [0.15, 0.2) is 42.6 Å². The van der Waals surface area contributed by atoms with Crippen molar-refractivity contribution in [2.24, 2.45) is 0 Å². The first-order chi connectivity index (χ1) is 10.5. The zero-order valence-electron chi connectivity index (χ0n) is 12.3. The number of aryl methyl sites for hydroxylation is 2. The van der Waals surface area contributed by atoms with Gasteiger partial charge >= 0.3 is 5.97 Å². The van der Waals surface area contributed by atoms with Gasteiger partial charge in [0.25, 0.3) is 0 Å². The fraction of sp³-hybridized carbons (Fsp3) is 0.176. The van der Waals surface area contributed by atoms with Crippen LogP contribution in [0.4, 0.5) is 0 Å². The second kappa shape index (κ2) is 5.81. The van der Waals surface area contributed by atoms with Crippen LogP contribution >= 0.6 is 11.6 Å². The third-order valence-electron chi connectivity index (χ3n) is 3.45. The number of esters is 1. The summed E-state index contributed by atoms with van der Waals surface area (Å²) in [5.41, 5.74) is 3.81. The third kappa shape index (κ3) is 2.83. The van der Waals surface area contributed by atoms with Crippen LogP contribution in [0.25, 0.3) is 5.65 Å². The zero-order chi connectivity index (χ0) is 15.7. The molecule has 0 aliphatic rings. The summed E-state index contributed by atoms with van der Waals surface area (Å²) in [5, 5.41) is 0.581. The molecule has 3 aromatic rings. The molecule has 0 atom stereocenters. The molecular formula is C17H15ClN2O2. The van der Waals surface area contributed by atoms with Gasteiger partial charge in [-0.1, -0.05) is 41.4 Å². The maximum Gasteiger partial charge on any atom is 0.357 e. The molecule has 0 spiro atoms. The van der Waals surface area contributed by atoms with E-state index in [1.807, 2.05) is 31.2 Å². The lowest BCUT2D eigenvalue weighted by Gasteiger charge is -2.06. The molecule has 112 valence electrons. The Balaban J connectivity index is 1.83. The van der Waals surface area contributed by atoms with E-state index in [2.05, 4.69) is 4.98 Å². The number of fused-ring (bicyclic) bond motifs is 1. The zero-order valence-corrected chi connectivity index (χ0v) is 13.1. The first-order valence-electron chi connectivity index (χ1n) is 6.91. The Morgan fingerprint density at radius 1 is 1.23 bits per heavy atom. The summed E-state index contributed by atoms with van der Waals surface area (Å²) in [6, 6.07) is 11.3. The Bertz CT molecular complexity index is 838. The van der Waals surface area contributed by atoms with Crippen LogP contribution in [0.1, 0.15) is 27.3 Å². The summed E-state index contributed by atoms with van der Waals surface area (Å²) < 4.78 is 7.09. The van der Waals surface area contributed by atoms with Gasteiger partial charge in [0.1, 0.15) is 12.3 Å². The molecule has 0 bridgehead atoms. The second-order valence-electron chi connectivity index (χ2n) is 5.18. The predicted molar refractivity (Wildman–Crippen MR) is 85.2 cm³/mol. The Hall–Kier alpha value is -2.33. The van der Waals surface area contributed by atoms with Crippen LogP contribution in [-0.2, 0) is 11.3 Å². The first kappa shape index (κ1) is 14.6. The Labute approximate surface area is 133 Å². The standard InChI is InChI=1S/C17H15ClN2O2/c1-11-3-5-13(6-4-11)10-22-17(21)16-12(2)19-15-9-14(18)7-8-20(15)16/h3-9H,10H2,1-2H3. The molecule has 0 aliphatic heterocycles. The van der Waals surface area contributed by atoms with Gasteiger partial charge in [-0.05, 0) is 25.5 Å². The van der Waals surface area contributed by atoms with Crippen molar-refractivity contribution in [2.45, 2.75) is 20.5 Å². The third-order valence-corrected chi connectivity index (χ3v) is 3.68. The van der Waals surface area contributed by atoms with Gasteiger partial charge in [-0.3, -0.25) is 4.40 Å². The van der Waals surface area contributed by atoms with Gasteiger partial charge in [0, 0.05) is 17.3 Å². The number of hydrogen-bond donors (Lipinski definition) is 0. The molecule has 0 fully saturated rings. The van der Waals surface area contributed by atoms with Crippen molar-refractivity contribution < 1.29 is 9.53 Å². The fourth-order valence-corrected chi connectivity index (χ4v) is 2.44. The highest BCUT2D eigenvalue weighted by molar-refractivity contribution is 6.30. The SMILES string of the molecule is Cc1ccc(COC(=O)c2c(C)nc3cc(Cl)ccn23)cc1. The van der Waals surface area contributed by atoms with Crippen molar-refractivity contribution in [2.75, 3.05) is 0 Å². The first-order valence-corrected chi connectivity index (χ1v) is 7.29. The van der Waals surface area contributed by atoms with Gasteiger partial charge in [0.15, 0.2) is 5.69 Å². The number of benzene rings is 1. The molecule has 1 aromatic carbocycles. The molecule has 0 radical (unpaired) electrons. The van der Waals surface area contributed by atoms with E-state index in [0.717, 1.165) is 5.56 Å². The molecule has 0 N–H and O–H groups in total. The van der Waals surface area contributed by atoms with Crippen LogP contribution in [0.5, 0.6) is 0 Å². The Morgan fingerprint density at radius 3 is 2.68 bits per heavy atom. The summed E-state index contributed by atoms with van der Waals surface area (Å²) in [4.78, 5) is 16.7. The van der Waals surface area contributed by atoms with Crippen LogP contribution in [0.3, 0.4) is 0 Å². The number of hydrogen-bond acceptors (Lipinski definition) is 3. The monoisotopic (exact) mass is 314 g/mol. The van der Waals surface area contributed by atoms with Crippen LogP contribution in [0, 0.1) is 13.8 Å². The molecule has 4 nitrogen and oxygen atoms in total. The quantitative estimate of drug-likeness (QED) is 0.687. The van der Waals surface area contributed by atoms with E-state index < -0.39 is 5.97 Å². The Morgan fingerprint density at radius 2 is 1.95 bits per heavy atom. The van der Waals surface area contributed by atoms with Gasteiger partial charge in [-0.25, -0.2) is 9.78 Å². The van der Waals surface area contributed by atoms with Gasteiger partial charge in [-0.2, -0.15) is 0 Å². The van der Waals surface area contributed by atoms with E-state index in [0.29, 0.717) is 22.1 Å². The van der Waals surface area contributed by atoms with Crippen molar-refractivity contribution >= 4 is 23.2 Å². The number of halogens is 1.